The second-order valence-corrected chi connectivity index (χ2v) is 5.08. The van der Waals surface area contributed by atoms with Gasteiger partial charge in [-0.1, -0.05) is 6.92 Å². The fourth-order valence-electron chi connectivity index (χ4n) is 1.38. The van der Waals surface area contributed by atoms with Gasteiger partial charge >= 0.3 is 0 Å². The van der Waals surface area contributed by atoms with Gasteiger partial charge in [0, 0.05) is 24.4 Å². The Morgan fingerprint density at radius 2 is 2.19 bits per heavy atom. The summed E-state index contributed by atoms with van der Waals surface area (Å²) in [6.45, 7) is 4.81. The van der Waals surface area contributed by atoms with Gasteiger partial charge in [0.1, 0.15) is 11.6 Å². The summed E-state index contributed by atoms with van der Waals surface area (Å²) in [6, 6.07) is 4.51. The predicted molar refractivity (Wildman–Crippen MR) is 67.4 cm³/mol. The van der Waals surface area contributed by atoms with Crippen molar-refractivity contribution in [3.8, 4) is 5.75 Å². The van der Waals surface area contributed by atoms with Gasteiger partial charge in [0.15, 0.2) is 0 Å². The fourth-order valence-corrected chi connectivity index (χ4v) is 2.09. The van der Waals surface area contributed by atoms with E-state index in [4.69, 9.17) is 0 Å². The number of hydrogen-bond donors (Lipinski definition) is 2. The lowest BCUT2D eigenvalue weighted by Crippen LogP contribution is -2.27. The van der Waals surface area contributed by atoms with Crippen LogP contribution in [0.5, 0.6) is 5.75 Å². The normalized spacial score (nSPS) is 12.7. The summed E-state index contributed by atoms with van der Waals surface area (Å²) >= 11 is 1.87. The highest BCUT2D eigenvalue weighted by atomic mass is 32.2. The van der Waals surface area contributed by atoms with Gasteiger partial charge in [-0.25, -0.2) is 4.39 Å². The number of benzene rings is 1. The van der Waals surface area contributed by atoms with Crippen LogP contribution < -0.4 is 5.32 Å². The molecule has 1 atom stereocenters. The van der Waals surface area contributed by atoms with E-state index in [9.17, 15) is 9.50 Å². The summed E-state index contributed by atoms with van der Waals surface area (Å²) in [7, 11) is 0. The van der Waals surface area contributed by atoms with Crippen molar-refractivity contribution >= 4 is 11.8 Å². The average molecular weight is 243 g/mol. The van der Waals surface area contributed by atoms with Gasteiger partial charge in [-0.2, -0.15) is 11.8 Å². The molecule has 1 aromatic carbocycles. The molecule has 0 bridgehead atoms. The first kappa shape index (κ1) is 13.3. The zero-order chi connectivity index (χ0) is 12.0. The Kier molecular flexibility index (Phi) is 5.63. The van der Waals surface area contributed by atoms with Crippen molar-refractivity contribution in [1.29, 1.82) is 0 Å². The number of rotatable bonds is 6. The molecule has 1 unspecified atom stereocenters. The lowest BCUT2D eigenvalue weighted by Gasteiger charge is -2.13. The van der Waals surface area contributed by atoms with Crippen molar-refractivity contribution in [3.63, 3.8) is 0 Å². The molecule has 0 spiro atoms. The molecule has 0 saturated heterocycles. The van der Waals surface area contributed by atoms with E-state index >= 15 is 0 Å². The minimum atomic E-state index is -0.396. The minimum Gasteiger partial charge on any atom is -0.508 e. The third-order valence-electron chi connectivity index (χ3n) is 2.17. The molecule has 0 aliphatic rings. The first-order valence-corrected chi connectivity index (χ1v) is 6.57. The van der Waals surface area contributed by atoms with Crippen LogP contribution in [-0.2, 0) is 6.54 Å². The van der Waals surface area contributed by atoms with Gasteiger partial charge < -0.3 is 10.4 Å². The first-order chi connectivity index (χ1) is 7.61. The van der Waals surface area contributed by atoms with Gasteiger partial charge in [0.2, 0.25) is 0 Å². The molecule has 0 aliphatic carbocycles. The lowest BCUT2D eigenvalue weighted by atomic mass is 10.2. The lowest BCUT2D eigenvalue weighted by molar-refractivity contribution is 0.466. The van der Waals surface area contributed by atoms with Crippen LogP contribution in [0.2, 0.25) is 0 Å². The van der Waals surface area contributed by atoms with Crippen molar-refractivity contribution < 1.29 is 9.50 Å². The SMILES string of the molecule is CCSCC(C)NCc1cc(O)cc(F)c1. The molecule has 4 heteroatoms. The molecule has 2 nitrogen and oxygen atoms in total. The van der Waals surface area contributed by atoms with Gasteiger partial charge in [0.05, 0.1) is 0 Å². The summed E-state index contributed by atoms with van der Waals surface area (Å²) in [5, 5.41) is 12.5. The standard InChI is InChI=1S/C12H18FNOS/c1-3-16-8-9(2)14-7-10-4-11(13)6-12(15)5-10/h4-6,9,14-15H,3,7-8H2,1-2H3. The van der Waals surface area contributed by atoms with E-state index in [1.54, 1.807) is 6.07 Å². The maximum atomic E-state index is 13.0. The molecular formula is C12H18FNOS. The van der Waals surface area contributed by atoms with E-state index in [0.29, 0.717) is 12.6 Å². The monoisotopic (exact) mass is 243 g/mol. The van der Waals surface area contributed by atoms with Crippen LogP contribution in [-0.4, -0.2) is 22.7 Å². The Morgan fingerprint density at radius 3 is 2.81 bits per heavy atom. The summed E-state index contributed by atoms with van der Waals surface area (Å²) in [4.78, 5) is 0. The van der Waals surface area contributed by atoms with Crippen LogP contribution in [0.3, 0.4) is 0 Å². The Balaban J connectivity index is 2.41. The maximum absolute atomic E-state index is 13.0. The molecule has 0 aliphatic heterocycles. The molecule has 1 rings (SSSR count). The number of phenols is 1. The molecule has 0 saturated carbocycles. The zero-order valence-electron chi connectivity index (χ0n) is 9.66. The van der Waals surface area contributed by atoms with E-state index in [-0.39, 0.29) is 5.75 Å². The molecule has 0 amide bonds. The van der Waals surface area contributed by atoms with Crippen LogP contribution in [0.4, 0.5) is 4.39 Å². The second kappa shape index (κ2) is 6.76. The van der Waals surface area contributed by atoms with E-state index in [2.05, 4.69) is 19.2 Å². The van der Waals surface area contributed by atoms with E-state index < -0.39 is 5.82 Å². The fraction of sp³-hybridized carbons (Fsp3) is 0.500. The van der Waals surface area contributed by atoms with Crippen molar-refractivity contribution in [2.75, 3.05) is 11.5 Å². The molecule has 2 N–H and O–H groups in total. The van der Waals surface area contributed by atoms with Gasteiger partial charge in [-0.3, -0.25) is 0 Å². The maximum Gasteiger partial charge on any atom is 0.127 e. The van der Waals surface area contributed by atoms with E-state index in [1.807, 2.05) is 11.8 Å². The van der Waals surface area contributed by atoms with Crippen LogP contribution in [0, 0.1) is 5.82 Å². The minimum absolute atomic E-state index is 0.0209. The van der Waals surface area contributed by atoms with Gasteiger partial charge in [0.25, 0.3) is 0 Å². The number of phenolic OH excluding ortho intramolecular Hbond substituents is 1. The molecule has 0 aromatic heterocycles. The topological polar surface area (TPSA) is 32.3 Å². The average Bonchev–Trinajstić information content (AvgIpc) is 2.22. The number of hydrogen-bond acceptors (Lipinski definition) is 3. The molecule has 90 valence electrons. The largest absolute Gasteiger partial charge is 0.508 e. The summed E-state index contributed by atoms with van der Waals surface area (Å²) < 4.78 is 13.0. The molecule has 0 heterocycles. The highest BCUT2D eigenvalue weighted by molar-refractivity contribution is 7.99. The van der Waals surface area contributed by atoms with Crippen molar-refractivity contribution in [2.45, 2.75) is 26.4 Å². The van der Waals surface area contributed by atoms with Crippen LogP contribution in [0.15, 0.2) is 18.2 Å². The summed E-state index contributed by atoms with van der Waals surface area (Å²) in [6.07, 6.45) is 0. The Labute approximate surface area is 100 Å². The molecule has 1 aromatic rings. The Hall–Kier alpha value is -0.740. The highest BCUT2D eigenvalue weighted by Gasteiger charge is 2.03. The third-order valence-corrected chi connectivity index (χ3v) is 3.31. The van der Waals surface area contributed by atoms with Crippen molar-refractivity contribution in [2.24, 2.45) is 0 Å². The first-order valence-electron chi connectivity index (χ1n) is 5.41. The van der Waals surface area contributed by atoms with Crippen LogP contribution >= 0.6 is 11.8 Å². The smallest absolute Gasteiger partial charge is 0.127 e. The van der Waals surface area contributed by atoms with E-state index in [0.717, 1.165) is 23.1 Å². The molecular weight excluding hydrogens is 225 g/mol. The van der Waals surface area contributed by atoms with Crippen LogP contribution in [0.1, 0.15) is 19.4 Å². The number of nitrogens with one attached hydrogen (secondary N) is 1. The number of aromatic hydroxyl groups is 1. The van der Waals surface area contributed by atoms with E-state index in [1.165, 1.54) is 6.07 Å². The molecule has 0 radical (unpaired) electrons. The quantitative estimate of drug-likeness (QED) is 0.806. The zero-order valence-corrected chi connectivity index (χ0v) is 10.5. The second-order valence-electron chi connectivity index (χ2n) is 3.76. The van der Waals surface area contributed by atoms with Crippen molar-refractivity contribution in [1.82, 2.24) is 5.32 Å². The van der Waals surface area contributed by atoms with Gasteiger partial charge in [-0.05, 0) is 30.4 Å². The van der Waals surface area contributed by atoms with Crippen LogP contribution in [0.25, 0.3) is 0 Å². The Morgan fingerprint density at radius 1 is 1.44 bits per heavy atom. The molecule has 16 heavy (non-hydrogen) atoms. The number of thioether (sulfide) groups is 1. The van der Waals surface area contributed by atoms with Gasteiger partial charge in [-0.15, -0.1) is 0 Å². The molecule has 0 fully saturated rings. The number of halogens is 1. The Bertz CT molecular complexity index is 313. The predicted octanol–water partition coefficient (Wildman–Crippen LogP) is 2.76. The van der Waals surface area contributed by atoms with Crippen molar-refractivity contribution in [3.05, 3.63) is 29.6 Å². The summed E-state index contributed by atoms with van der Waals surface area (Å²) in [5.74, 6) is 1.73. The highest BCUT2D eigenvalue weighted by Crippen LogP contribution is 2.14. The third kappa shape index (κ3) is 4.86. The summed E-state index contributed by atoms with van der Waals surface area (Å²) in [5.41, 5.74) is 0.769.